The Kier molecular flexibility index (Phi) is 5.43. The minimum atomic E-state index is -4.25. The molecule has 4 nitrogen and oxygen atoms in total. The fourth-order valence-corrected chi connectivity index (χ4v) is 3.78. The van der Waals surface area contributed by atoms with Crippen molar-refractivity contribution in [2.24, 2.45) is 0 Å². The van der Waals surface area contributed by atoms with E-state index in [0.717, 1.165) is 9.77 Å². The summed E-state index contributed by atoms with van der Waals surface area (Å²) in [6, 6.07) is 11.1. The quantitative estimate of drug-likeness (QED) is 0.559. The van der Waals surface area contributed by atoms with Crippen LogP contribution in [0.3, 0.4) is 0 Å². The molecule has 0 aliphatic rings. The summed E-state index contributed by atoms with van der Waals surface area (Å²) in [7, 11) is -4.25. The van der Waals surface area contributed by atoms with E-state index in [0.29, 0.717) is 12.1 Å². The Bertz CT molecular complexity index is 580. The lowest BCUT2D eigenvalue weighted by atomic mass is 10.2. The minimum Gasteiger partial charge on any atom is -0.323 e. The monoisotopic (exact) mass is 329 g/mol. The number of rotatable bonds is 6. The predicted octanol–water partition coefficient (Wildman–Crippen LogP) is 3.44. The Morgan fingerprint density at radius 2 is 2.00 bits per heavy atom. The van der Waals surface area contributed by atoms with Gasteiger partial charge >= 0.3 is 7.60 Å². The number of benzene rings is 1. The third-order valence-corrected chi connectivity index (χ3v) is 5.59. The van der Waals surface area contributed by atoms with Crippen molar-refractivity contribution in [3.63, 3.8) is 0 Å². The maximum Gasteiger partial charge on any atom is 0.346 e. The molecule has 0 amide bonds. The van der Waals surface area contributed by atoms with Gasteiger partial charge in [-0.25, -0.2) is 0 Å². The molecule has 1 aromatic carbocycles. The molecule has 1 aromatic heterocycles. The topological polar surface area (TPSA) is 69.6 Å². The van der Waals surface area contributed by atoms with E-state index >= 15 is 0 Å². The van der Waals surface area contributed by atoms with Crippen LogP contribution in [-0.2, 0) is 11.1 Å². The van der Waals surface area contributed by atoms with Gasteiger partial charge in [-0.05, 0) is 35.4 Å². The van der Waals surface area contributed by atoms with Gasteiger partial charge in [0.1, 0.15) is 5.78 Å². The van der Waals surface area contributed by atoms with Crippen molar-refractivity contribution in [2.45, 2.75) is 17.2 Å². The lowest BCUT2D eigenvalue weighted by Crippen LogP contribution is -2.20. The molecule has 0 bridgehead atoms. The Morgan fingerprint density at radius 3 is 2.50 bits per heavy atom. The molecule has 0 saturated carbocycles. The Morgan fingerprint density at radius 1 is 1.30 bits per heavy atom. The van der Waals surface area contributed by atoms with Gasteiger partial charge in [-0.2, -0.15) is 0 Å². The number of nitrogens with one attached hydrogen (secondary N) is 1. The molecule has 7 heteroatoms. The van der Waals surface area contributed by atoms with E-state index in [2.05, 4.69) is 5.32 Å². The Hall–Kier alpha value is -0.620. The normalized spacial score (nSPS) is 13.3. The standard InChI is InChI=1S/C13H16NO3PS2/c1-19-11-6-4-10(5-7-11)13(18(15,16)17)14-9-12-3-2-8-20-12/h2-8,13-14H,9H2,1H3,(H2,15,16,17)/t13-/m1/s1. The Labute approximate surface area is 126 Å². The largest absolute Gasteiger partial charge is 0.346 e. The van der Waals surface area contributed by atoms with Crippen LogP contribution < -0.4 is 5.32 Å². The molecule has 0 saturated heterocycles. The van der Waals surface area contributed by atoms with Crippen molar-refractivity contribution in [3.05, 3.63) is 52.2 Å². The van der Waals surface area contributed by atoms with E-state index in [-0.39, 0.29) is 0 Å². The van der Waals surface area contributed by atoms with Crippen LogP contribution in [0.25, 0.3) is 0 Å². The summed E-state index contributed by atoms with van der Waals surface area (Å²) in [4.78, 5) is 21.2. The highest BCUT2D eigenvalue weighted by atomic mass is 32.2. The third-order valence-electron chi connectivity index (χ3n) is 2.82. The van der Waals surface area contributed by atoms with E-state index in [1.54, 1.807) is 35.2 Å². The average Bonchev–Trinajstić information content (AvgIpc) is 2.91. The van der Waals surface area contributed by atoms with Gasteiger partial charge in [-0.1, -0.05) is 18.2 Å². The molecule has 3 N–H and O–H groups in total. The molecule has 0 aliphatic carbocycles. The van der Waals surface area contributed by atoms with Gasteiger partial charge in [0, 0.05) is 16.3 Å². The van der Waals surface area contributed by atoms with Crippen LogP contribution in [0.4, 0.5) is 0 Å². The smallest absolute Gasteiger partial charge is 0.323 e. The van der Waals surface area contributed by atoms with E-state index in [1.165, 1.54) is 0 Å². The summed E-state index contributed by atoms with van der Waals surface area (Å²) in [5, 5.41) is 4.90. The van der Waals surface area contributed by atoms with E-state index < -0.39 is 13.4 Å². The molecular formula is C13H16NO3PS2. The Balaban J connectivity index is 2.16. The van der Waals surface area contributed by atoms with Crippen LogP contribution in [0.15, 0.2) is 46.7 Å². The van der Waals surface area contributed by atoms with Crippen LogP contribution >= 0.6 is 30.7 Å². The molecule has 108 valence electrons. The first kappa shape index (κ1) is 15.8. The highest BCUT2D eigenvalue weighted by molar-refractivity contribution is 7.98. The molecule has 0 fully saturated rings. The van der Waals surface area contributed by atoms with Crippen molar-refractivity contribution in [2.75, 3.05) is 6.26 Å². The van der Waals surface area contributed by atoms with Gasteiger partial charge < -0.3 is 9.79 Å². The minimum absolute atomic E-state index is 0.442. The number of hydrogen-bond donors (Lipinski definition) is 3. The van der Waals surface area contributed by atoms with Crippen molar-refractivity contribution in [3.8, 4) is 0 Å². The molecule has 2 aromatic rings. The van der Waals surface area contributed by atoms with Crippen molar-refractivity contribution < 1.29 is 14.4 Å². The lowest BCUT2D eigenvalue weighted by molar-refractivity contribution is 0.347. The van der Waals surface area contributed by atoms with E-state index in [4.69, 9.17) is 0 Å². The summed E-state index contributed by atoms with van der Waals surface area (Å²) >= 11 is 3.15. The maximum atomic E-state index is 11.7. The summed E-state index contributed by atoms with van der Waals surface area (Å²) in [5.74, 6) is -0.972. The SMILES string of the molecule is CSc1ccc([C@H](NCc2cccs2)P(=O)(O)O)cc1. The summed E-state index contributed by atoms with van der Waals surface area (Å²) in [6.07, 6.45) is 1.96. The average molecular weight is 329 g/mol. The lowest BCUT2D eigenvalue weighted by Gasteiger charge is -2.20. The van der Waals surface area contributed by atoms with E-state index in [9.17, 15) is 14.4 Å². The highest BCUT2D eigenvalue weighted by Gasteiger charge is 2.29. The van der Waals surface area contributed by atoms with E-state index in [1.807, 2.05) is 35.9 Å². The second kappa shape index (κ2) is 6.89. The van der Waals surface area contributed by atoms with Crippen molar-refractivity contribution in [1.29, 1.82) is 0 Å². The van der Waals surface area contributed by atoms with Gasteiger partial charge in [0.25, 0.3) is 0 Å². The molecule has 0 radical (unpaired) electrons. The van der Waals surface area contributed by atoms with Gasteiger partial charge in [0.2, 0.25) is 0 Å². The fraction of sp³-hybridized carbons (Fsp3) is 0.231. The molecule has 1 atom stereocenters. The summed E-state index contributed by atoms with van der Waals surface area (Å²) < 4.78 is 11.7. The molecular weight excluding hydrogens is 313 g/mol. The number of thioether (sulfide) groups is 1. The zero-order chi connectivity index (χ0) is 14.6. The second-order valence-electron chi connectivity index (χ2n) is 4.23. The molecule has 2 rings (SSSR count). The van der Waals surface area contributed by atoms with Crippen LogP contribution in [-0.4, -0.2) is 16.0 Å². The first-order chi connectivity index (χ1) is 9.50. The predicted molar refractivity (Wildman–Crippen MR) is 84.2 cm³/mol. The van der Waals surface area contributed by atoms with Crippen LogP contribution in [0.5, 0.6) is 0 Å². The molecule has 0 unspecified atom stereocenters. The fourth-order valence-electron chi connectivity index (χ4n) is 1.83. The van der Waals surface area contributed by atoms with Crippen LogP contribution in [0.2, 0.25) is 0 Å². The van der Waals surface area contributed by atoms with Gasteiger partial charge in [0.15, 0.2) is 0 Å². The molecule has 20 heavy (non-hydrogen) atoms. The van der Waals surface area contributed by atoms with Crippen molar-refractivity contribution >= 4 is 30.7 Å². The second-order valence-corrected chi connectivity index (χ2v) is 7.83. The van der Waals surface area contributed by atoms with Crippen LogP contribution in [0.1, 0.15) is 16.2 Å². The zero-order valence-electron chi connectivity index (χ0n) is 10.9. The summed E-state index contributed by atoms with van der Waals surface area (Å²) in [5.41, 5.74) is 0.604. The first-order valence-electron chi connectivity index (χ1n) is 5.95. The number of hydrogen-bond acceptors (Lipinski definition) is 4. The molecule has 0 aliphatic heterocycles. The maximum absolute atomic E-state index is 11.7. The van der Waals surface area contributed by atoms with Crippen molar-refractivity contribution in [1.82, 2.24) is 5.32 Å². The van der Waals surface area contributed by atoms with Gasteiger partial charge in [-0.3, -0.25) is 9.88 Å². The molecule has 0 spiro atoms. The number of thiophene rings is 1. The third kappa shape index (κ3) is 4.19. The van der Waals surface area contributed by atoms with Crippen LogP contribution in [0, 0.1) is 0 Å². The highest BCUT2D eigenvalue weighted by Crippen LogP contribution is 2.50. The first-order valence-corrected chi connectivity index (χ1v) is 9.74. The van der Waals surface area contributed by atoms with Gasteiger partial charge in [0.05, 0.1) is 0 Å². The summed E-state index contributed by atoms with van der Waals surface area (Å²) in [6.45, 7) is 0.442. The zero-order valence-corrected chi connectivity index (χ0v) is 13.4. The van der Waals surface area contributed by atoms with Gasteiger partial charge in [-0.15, -0.1) is 23.1 Å². The molecule has 1 heterocycles.